The number of benzene rings is 2. The smallest absolute Gasteiger partial charge is 0.407 e. The highest BCUT2D eigenvalue weighted by Crippen LogP contribution is 2.44. The van der Waals surface area contributed by atoms with Gasteiger partial charge >= 0.3 is 12.1 Å². The highest BCUT2D eigenvalue weighted by Gasteiger charge is 2.37. The molecule has 0 radical (unpaired) electrons. The summed E-state index contributed by atoms with van der Waals surface area (Å²) in [6.07, 6.45) is 3.59. The molecule has 1 heterocycles. The van der Waals surface area contributed by atoms with E-state index in [1.165, 1.54) is 27.8 Å². The van der Waals surface area contributed by atoms with E-state index in [0.29, 0.717) is 11.6 Å². The fourth-order valence-electron chi connectivity index (χ4n) is 5.69. The van der Waals surface area contributed by atoms with Crippen LogP contribution in [-0.4, -0.2) is 58.3 Å². The Labute approximate surface area is 209 Å². The van der Waals surface area contributed by atoms with Crippen molar-refractivity contribution in [3.63, 3.8) is 0 Å². The van der Waals surface area contributed by atoms with Crippen LogP contribution in [0.4, 0.5) is 4.79 Å². The molecule has 2 aromatic carbocycles. The third-order valence-corrected chi connectivity index (χ3v) is 8.51. The SMILES string of the molecule is O=C(NC(CC(=O)N1CSC[C@H]1C(=O)O)C1CCCC1)OCC1c2ccccc2-c2ccccc21. The number of nitrogens with one attached hydrogen (secondary N) is 1. The quantitative estimate of drug-likeness (QED) is 0.590. The number of nitrogens with zero attached hydrogens (tertiary/aromatic N) is 1. The van der Waals surface area contributed by atoms with Crippen molar-refractivity contribution in [1.29, 1.82) is 0 Å². The molecular weight excluding hydrogens is 464 g/mol. The van der Waals surface area contributed by atoms with Gasteiger partial charge in [-0.1, -0.05) is 61.4 Å². The van der Waals surface area contributed by atoms with Crippen molar-refractivity contribution in [1.82, 2.24) is 10.2 Å². The van der Waals surface area contributed by atoms with E-state index in [1.54, 1.807) is 0 Å². The molecule has 184 valence electrons. The van der Waals surface area contributed by atoms with Gasteiger partial charge in [0, 0.05) is 24.1 Å². The Morgan fingerprint density at radius 3 is 2.29 bits per heavy atom. The lowest BCUT2D eigenvalue weighted by molar-refractivity contribution is -0.148. The molecule has 2 fully saturated rings. The maximum atomic E-state index is 13.0. The van der Waals surface area contributed by atoms with Gasteiger partial charge in [-0.25, -0.2) is 9.59 Å². The van der Waals surface area contributed by atoms with Crippen LogP contribution in [0.1, 0.15) is 49.1 Å². The molecule has 35 heavy (non-hydrogen) atoms. The molecule has 0 spiro atoms. The van der Waals surface area contributed by atoms with Crippen LogP contribution >= 0.6 is 11.8 Å². The monoisotopic (exact) mass is 494 g/mol. The van der Waals surface area contributed by atoms with Gasteiger partial charge in [-0.15, -0.1) is 11.8 Å². The molecule has 1 saturated carbocycles. The molecule has 2 N–H and O–H groups in total. The first-order chi connectivity index (χ1) is 17.0. The molecule has 1 aliphatic heterocycles. The summed E-state index contributed by atoms with van der Waals surface area (Å²) < 4.78 is 5.72. The van der Waals surface area contributed by atoms with E-state index in [9.17, 15) is 19.5 Å². The van der Waals surface area contributed by atoms with E-state index in [1.807, 2.05) is 24.3 Å². The maximum absolute atomic E-state index is 13.0. The molecular formula is C27H30N2O5S. The number of carbonyl (C=O) groups is 3. The zero-order chi connectivity index (χ0) is 24.4. The van der Waals surface area contributed by atoms with Gasteiger partial charge in [0.1, 0.15) is 12.6 Å². The lowest BCUT2D eigenvalue weighted by Gasteiger charge is -2.28. The number of ether oxygens (including phenoxy) is 1. The minimum absolute atomic E-state index is 0.0299. The van der Waals surface area contributed by atoms with Crippen LogP contribution in [0, 0.1) is 5.92 Å². The van der Waals surface area contributed by atoms with Crippen LogP contribution in [0.15, 0.2) is 48.5 Å². The maximum Gasteiger partial charge on any atom is 0.407 e. The lowest BCUT2D eigenvalue weighted by Crippen LogP contribution is -2.47. The second-order valence-electron chi connectivity index (χ2n) is 9.54. The van der Waals surface area contributed by atoms with E-state index in [4.69, 9.17) is 4.74 Å². The van der Waals surface area contributed by atoms with Gasteiger partial charge in [0.25, 0.3) is 0 Å². The second kappa shape index (κ2) is 10.3. The van der Waals surface area contributed by atoms with Crippen molar-refractivity contribution in [3.05, 3.63) is 59.7 Å². The number of carboxylic acid groups (broad SMARTS) is 1. The summed E-state index contributed by atoms with van der Waals surface area (Å²) in [5.41, 5.74) is 4.64. The largest absolute Gasteiger partial charge is 0.480 e. The predicted octanol–water partition coefficient (Wildman–Crippen LogP) is 4.46. The van der Waals surface area contributed by atoms with E-state index in [-0.39, 0.29) is 36.8 Å². The molecule has 0 aromatic heterocycles. The Morgan fingerprint density at radius 2 is 1.66 bits per heavy atom. The van der Waals surface area contributed by atoms with Crippen molar-refractivity contribution >= 4 is 29.7 Å². The van der Waals surface area contributed by atoms with Gasteiger partial charge < -0.3 is 20.1 Å². The lowest BCUT2D eigenvalue weighted by atomic mass is 9.94. The molecule has 7 nitrogen and oxygen atoms in total. The zero-order valence-corrected chi connectivity index (χ0v) is 20.3. The molecule has 0 bridgehead atoms. The highest BCUT2D eigenvalue weighted by atomic mass is 32.2. The Balaban J connectivity index is 1.25. The van der Waals surface area contributed by atoms with Gasteiger partial charge in [0.2, 0.25) is 5.91 Å². The van der Waals surface area contributed by atoms with Crippen LogP contribution < -0.4 is 5.32 Å². The average Bonchev–Trinajstić information content (AvgIpc) is 3.62. The Hall–Kier alpha value is -3.00. The fourth-order valence-corrected chi connectivity index (χ4v) is 6.86. The van der Waals surface area contributed by atoms with Crippen molar-refractivity contribution in [2.24, 2.45) is 5.92 Å². The third-order valence-electron chi connectivity index (χ3n) is 7.50. The molecule has 2 amide bonds. The topological polar surface area (TPSA) is 95.9 Å². The molecule has 2 aliphatic carbocycles. The molecule has 1 unspecified atom stereocenters. The molecule has 5 rings (SSSR count). The van der Waals surface area contributed by atoms with E-state index >= 15 is 0 Å². The van der Waals surface area contributed by atoms with Gasteiger partial charge in [-0.05, 0) is 41.0 Å². The molecule has 1 saturated heterocycles. The number of thioether (sulfide) groups is 1. The number of aliphatic carboxylic acids is 1. The molecule has 2 aromatic rings. The molecule has 3 aliphatic rings. The number of carboxylic acids is 1. The Bertz CT molecular complexity index is 1070. The Kier molecular flexibility index (Phi) is 7.00. The van der Waals surface area contributed by atoms with Crippen molar-refractivity contribution in [2.45, 2.75) is 50.1 Å². The highest BCUT2D eigenvalue weighted by molar-refractivity contribution is 7.99. The first kappa shape index (κ1) is 23.7. The fraction of sp³-hybridized carbons (Fsp3) is 0.444. The second-order valence-corrected chi connectivity index (χ2v) is 10.5. The van der Waals surface area contributed by atoms with Crippen LogP contribution in [0.2, 0.25) is 0 Å². The summed E-state index contributed by atoms with van der Waals surface area (Å²) in [6.45, 7) is 0.217. The number of hydrogen-bond donors (Lipinski definition) is 2. The number of carbonyl (C=O) groups excluding carboxylic acids is 2. The summed E-state index contributed by atoms with van der Waals surface area (Å²) in [7, 11) is 0. The minimum Gasteiger partial charge on any atom is -0.480 e. The zero-order valence-electron chi connectivity index (χ0n) is 19.5. The number of hydrogen-bond acceptors (Lipinski definition) is 5. The van der Waals surface area contributed by atoms with E-state index in [2.05, 4.69) is 29.6 Å². The van der Waals surface area contributed by atoms with Crippen molar-refractivity contribution < 1.29 is 24.2 Å². The normalized spacial score (nSPS) is 20.3. The van der Waals surface area contributed by atoms with Crippen LogP contribution in [-0.2, 0) is 14.3 Å². The van der Waals surface area contributed by atoms with Crippen molar-refractivity contribution in [3.8, 4) is 11.1 Å². The number of amides is 2. The van der Waals surface area contributed by atoms with Crippen molar-refractivity contribution in [2.75, 3.05) is 18.2 Å². The first-order valence-electron chi connectivity index (χ1n) is 12.2. The van der Waals surface area contributed by atoms with Crippen LogP contribution in [0.3, 0.4) is 0 Å². The summed E-state index contributed by atoms with van der Waals surface area (Å²) in [5.74, 6) is -0.272. The van der Waals surface area contributed by atoms with Gasteiger partial charge in [0.05, 0.1) is 5.88 Å². The number of fused-ring (bicyclic) bond motifs is 3. The first-order valence-corrected chi connectivity index (χ1v) is 13.4. The summed E-state index contributed by atoms with van der Waals surface area (Å²) in [5, 5.41) is 12.4. The minimum atomic E-state index is -0.981. The summed E-state index contributed by atoms with van der Waals surface area (Å²) >= 11 is 1.44. The van der Waals surface area contributed by atoms with Crippen LogP contribution in [0.5, 0.6) is 0 Å². The van der Waals surface area contributed by atoms with Gasteiger partial charge in [-0.2, -0.15) is 0 Å². The van der Waals surface area contributed by atoms with E-state index < -0.39 is 18.1 Å². The number of alkyl carbamates (subject to hydrolysis) is 1. The number of rotatable bonds is 7. The third kappa shape index (κ3) is 4.89. The molecule has 8 heteroatoms. The summed E-state index contributed by atoms with van der Waals surface area (Å²) in [4.78, 5) is 38.9. The average molecular weight is 495 g/mol. The van der Waals surface area contributed by atoms with Crippen LogP contribution in [0.25, 0.3) is 11.1 Å². The van der Waals surface area contributed by atoms with E-state index in [0.717, 1.165) is 36.8 Å². The predicted molar refractivity (Wildman–Crippen MR) is 134 cm³/mol. The Morgan fingerprint density at radius 1 is 1.03 bits per heavy atom. The molecule has 2 atom stereocenters. The van der Waals surface area contributed by atoms with Gasteiger partial charge in [0.15, 0.2) is 0 Å². The van der Waals surface area contributed by atoms with Gasteiger partial charge in [-0.3, -0.25) is 4.79 Å². The standard InChI is InChI=1S/C27H30N2O5S/c30-25(29-16-35-15-24(29)26(31)32)13-23(17-7-1-2-8-17)28-27(33)34-14-22-20-11-5-3-9-18(20)19-10-4-6-12-21(19)22/h3-6,9-12,17,22-24H,1-2,7-8,13-16H2,(H,28,33)(H,31,32)/t23?,24-/m0/s1. The summed E-state index contributed by atoms with van der Waals surface area (Å²) in [6, 6.07) is 15.2.